The predicted octanol–water partition coefficient (Wildman–Crippen LogP) is 3.24. The van der Waals surface area contributed by atoms with Crippen LogP contribution in [0.5, 0.6) is 0 Å². The Balaban J connectivity index is 0.000000204. The molecular formula is C25H19N5O5. The van der Waals surface area contributed by atoms with Crippen LogP contribution in [0, 0.1) is 0 Å². The third-order valence-electron chi connectivity index (χ3n) is 5.04. The number of hydrogen-bond donors (Lipinski definition) is 3. The van der Waals surface area contributed by atoms with Gasteiger partial charge in [-0.1, -0.05) is 48.5 Å². The molecule has 4 N–H and O–H groups in total. The molecule has 0 aliphatic rings. The fourth-order valence-electron chi connectivity index (χ4n) is 3.46. The molecule has 174 valence electrons. The summed E-state index contributed by atoms with van der Waals surface area (Å²) in [4.78, 5) is 42.4. The van der Waals surface area contributed by atoms with Crippen molar-refractivity contribution in [3.05, 3.63) is 113 Å². The molecule has 5 rings (SSSR count). The molecule has 35 heavy (non-hydrogen) atoms. The lowest BCUT2D eigenvalue weighted by Gasteiger charge is -2.10. The average molecular weight is 469 g/mol. The van der Waals surface area contributed by atoms with Crippen molar-refractivity contribution < 1.29 is 19.8 Å². The summed E-state index contributed by atoms with van der Waals surface area (Å²) in [6.07, 6.45) is 1.59. The van der Waals surface area contributed by atoms with Gasteiger partial charge in [0.05, 0.1) is 16.8 Å². The minimum absolute atomic E-state index is 0.118. The normalized spacial score (nSPS) is 10.4. The quantitative estimate of drug-likeness (QED) is 0.363. The summed E-state index contributed by atoms with van der Waals surface area (Å²) in [7, 11) is 0. The topological polar surface area (TPSA) is 153 Å². The molecule has 0 radical (unpaired) electrons. The fourth-order valence-corrected chi connectivity index (χ4v) is 3.46. The van der Waals surface area contributed by atoms with Gasteiger partial charge in [-0.05, 0) is 36.4 Å². The van der Waals surface area contributed by atoms with Crippen LogP contribution in [0.3, 0.4) is 0 Å². The number of benzene rings is 3. The van der Waals surface area contributed by atoms with Gasteiger partial charge in [-0.2, -0.15) is 4.98 Å². The SMILES string of the molecule is Nc1nc2ncn(-c3ccccc3)c2c(=O)n1-c1ccccc1.O=C(O)c1ccccc1C(=O)O. The van der Waals surface area contributed by atoms with Crippen LogP contribution in [-0.2, 0) is 0 Å². The monoisotopic (exact) mass is 469 g/mol. The first-order valence-corrected chi connectivity index (χ1v) is 10.3. The highest BCUT2D eigenvalue weighted by atomic mass is 16.4. The van der Waals surface area contributed by atoms with Crippen LogP contribution in [0.25, 0.3) is 22.5 Å². The molecule has 0 unspecified atom stereocenters. The minimum Gasteiger partial charge on any atom is -0.478 e. The van der Waals surface area contributed by atoms with E-state index in [0.29, 0.717) is 16.9 Å². The number of nitrogens with zero attached hydrogens (tertiary/aromatic N) is 4. The van der Waals surface area contributed by atoms with E-state index < -0.39 is 11.9 Å². The summed E-state index contributed by atoms with van der Waals surface area (Å²) in [6, 6.07) is 24.2. The Morgan fingerprint density at radius 2 is 1.23 bits per heavy atom. The Morgan fingerprint density at radius 1 is 0.743 bits per heavy atom. The maximum absolute atomic E-state index is 13.0. The van der Waals surface area contributed by atoms with Gasteiger partial charge in [-0.15, -0.1) is 0 Å². The summed E-state index contributed by atoms with van der Waals surface area (Å²) in [5.74, 6) is -2.34. The molecule has 0 saturated carbocycles. The molecule has 0 spiro atoms. The molecular weight excluding hydrogens is 450 g/mol. The lowest BCUT2D eigenvalue weighted by molar-refractivity contribution is 0.0651. The molecule has 0 fully saturated rings. The smallest absolute Gasteiger partial charge is 0.336 e. The molecule has 0 bridgehead atoms. The molecule has 0 aliphatic heterocycles. The number of hydrogen-bond acceptors (Lipinski definition) is 6. The van der Waals surface area contributed by atoms with Crippen molar-refractivity contribution in [2.24, 2.45) is 0 Å². The standard InChI is InChI=1S/C17H13N5O.C8H6O4/c18-17-20-15-14(16(23)22(17)13-9-5-2-6-10-13)21(11-19-15)12-7-3-1-4-8-12;9-7(10)5-3-1-2-4-6(5)8(11)12/h1-11H,(H2,18,20);1-4H,(H,9,10)(H,11,12). The van der Waals surface area contributed by atoms with Crippen molar-refractivity contribution in [2.75, 3.05) is 5.73 Å². The summed E-state index contributed by atoms with van der Waals surface area (Å²) in [5, 5.41) is 17.1. The number of carboxylic acids is 2. The molecule has 2 aromatic heterocycles. The summed E-state index contributed by atoms with van der Waals surface area (Å²) in [6.45, 7) is 0. The van der Waals surface area contributed by atoms with Gasteiger partial charge in [0.15, 0.2) is 11.2 Å². The molecule has 5 aromatic rings. The second-order valence-electron chi connectivity index (χ2n) is 7.22. The Morgan fingerprint density at radius 3 is 1.74 bits per heavy atom. The summed E-state index contributed by atoms with van der Waals surface area (Å²) >= 11 is 0. The largest absolute Gasteiger partial charge is 0.478 e. The Bertz CT molecular complexity index is 1540. The van der Waals surface area contributed by atoms with E-state index in [1.807, 2.05) is 60.7 Å². The van der Waals surface area contributed by atoms with E-state index in [-0.39, 0.29) is 22.6 Å². The van der Waals surface area contributed by atoms with E-state index in [4.69, 9.17) is 15.9 Å². The highest BCUT2D eigenvalue weighted by molar-refractivity contribution is 6.01. The highest BCUT2D eigenvalue weighted by Gasteiger charge is 2.16. The van der Waals surface area contributed by atoms with E-state index in [1.54, 1.807) is 10.9 Å². The van der Waals surface area contributed by atoms with E-state index in [9.17, 15) is 14.4 Å². The zero-order valence-electron chi connectivity index (χ0n) is 18.1. The number of nitrogen functional groups attached to an aromatic ring is 1. The maximum Gasteiger partial charge on any atom is 0.336 e. The van der Waals surface area contributed by atoms with Crippen molar-refractivity contribution in [1.82, 2.24) is 19.1 Å². The van der Waals surface area contributed by atoms with E-state index in [1.165, 1.54) is 28.8 Å². The maximum atomic E-state index is 13.0. The summed E-state index contributed by atoms with van der Waals surface area (Å²) in [5.41, 5.74) is 7.59. The van der Waals surface area contributed by atoms with Crippen LogP contribution in [0.1, 0.15) is 20.7 Å². The predicted molar refractivity (Wildman–Crippen MR) is 129 cm³/mol. The first-order chi connectivity index (χ1) is 16.9. The number of para-hydroxylation sites is 2. The molecule has 2 heterocycles. The second-order valence-corrected chi connectivity index (χ2v) is 7.22. The van der Waals surface area contributed by atoms with Crippen LogP contribution in [0.15, 0.2) is 96.1 Å². The first-order valence-electron chi connectivity index (χ1n) is 10.3. The average Bonchev–Trinajstić information content (AvgIpc) is 3.29. The number of nitrogens with two attached hydrogens (primary N) is 1. The van der Waals surface area contributed by atoms with Crippen LogP contribution >= 0.6 is 0 Å². The van der Waals surface area contributed by atoms with Gasteiger partial charge in [-0.25, -0.2) is 19.1 Å². The number of fused-ring (bicyclic) bond motifs is 1. The van der Waals surface area contributed by atoms with Crippen molar-refractivity contribution >= 4 is 29.1 Å². The number of carboxylic acid groups (broad SMARTS) is 2. The minimum atomic E-state index is -1.23. The van der Waals surface area contributed by atoms with Crippen LogP contribution in [0.2, 0.25) is 0 Å². The first kappa shape index (κ1) is 22.9. The molecule has 0 aliphatic carbocycles. The van der Waals surface area contributed by atoms with Gasteiger partial charge in [0, 0.05) is 5.69 Å². The molecule has 10 nitrogen and oxygen atoms in total. The van der Waals surface area contributed by atoms with E-state index in [2.05, 4.69) is 9.97 Å². The van der Waals surface area contributed by atoms with Gasteiger partial charge in [0.2, 0.25) is 5.95 Å². The molecule has 0 saturated heterocycles. The van der Waals surface area contributed by atoms with Crippen LogP contribution in [-0.4, -0.2) is 41.3 Å². The van der Waals surface area contributed by atoms with E-state index >= 15 is 0 Å². The zero-order valence-corrected chi connectivity index (χ0v) is 18.1. The lowest BCUT2D eigenvalue weighted by atomic mass is 10.1. The fraction of sp³-hybridized carbons (Fsp3) is 0. The lowest BCUT2D eigenvalue weighted by Crippen LogP contribution is -2.24. The Hall–Kier alpha value is -5.25. The number of imidazole rings is 1. The van der Waals surface area contributed by atoms with Gasteiger partial charge in [-0.3, -0.25) is 9.36 Å². The number of aromatic nitrogens is 4. The van der Waals surface area contributed by atoms with Crippen LogP contribution in [0.4, 0.5) is 5.95 Å². The molecule has 3 aromatic carbocycles. The molecule has 10 heteroatoms. The van der Waals surface area contributed by atoms with Crippen molar-refractivity contribution in [3.63, 3.8) is 0 Å². The number of carbonyl (C=O) groups is 2. The molecule has 0 amide bonds. The van der Waals surface area contributed by atoms with Crippen molar-refractivity contribution in [1.29, 1.82) is 0 Å². The number of anilines is 1. The number of rotatable bonds is 4. The van der Waals surface area contributed by atoms with Crippen LogP contribution < -0.4 is 11.3 Å². The van der Waals surface area contributed by atoms with Gasteiger partial charge >= 0.3 is 11.9 Å². The van der Waals surface area contributed by atoms with E-state index in [0.717, 1.165) is 5.69 Å². The highest BCUT2D eigenvalue weighted by Crippen LogP contribution is 2.17. The van der Waals surface area contributed by atoms with Gasteiger partial charge in [0.25, 0.3) is 5.56 Å². The Kier molecular flexibility index (Phi) is 6.36. The third-order valence-corrected chi connectivity index (χ3v) is 5.04. The second kappa shape index (κ2) is 9.71. The van der Waals surface area contributed by atoms with Crippen molar-refractivity contribution in [3.8, 4) is 11.4 Å². The number of aromatic carboxylic acids is 2. The van der Waals surface area contributed by atoms with Gasteiger partial charge < -0.3 is 15.9 Å². The zero-order chi connectivity index (χ0) is 24.9. The van der Waals surface area contributed by atoms with Gasteiger partial charge in [0.1, 0.15) is 6.33 Å². The third kappa shape index (κ3) is 4.62. The molecule has 0 atom stereocenters. The summed E-state index contributed by atoms with van der Waals surface area (Å²) < 4.78 is 3.12. The van der Waals surface area contributed by atoms with Crippen molar-refractivity contribution in [2.45, 2.75) is 0 Å². The Labute approximate surface area is 198 Å².